The summed E-state index contributed by atoms with van der Waals surface area (Å²) in [6, 6.07) is 0. The monoisotopic (exact) mass is 209 g/mol. The van der Waals surface area contributed by atoms with Crippen molar-refractivity contribution in [3.63, 3.8) is 0 Å². The Hall–Kier alpha value is -2.00. The van der Waals surface area contributed by atoms with Crippen molar-refractivity contribution in [2.24, 2.45) is 0 Å². The zero-order valence-electron chi connectivity index (χ0n) is 8.27. The average Bonchev–Trinajstić information content (AvgIpc) is 2.21. The molecule has 5 nitrogen and oxygen atoms in total. The van der Waals surface area contributed by atoms with E-state index in [0.717, 1.165) is 0 Å². The third-order valence-electron chi connectivity index (χ3n) is 1.73. The Morgan fingerprint density at radius 3 is 3.00 bits per heavy atom. The van der Waals surface area contributed by atoms with Gasteiger partial charge >= 0.3 is 5.97 Å². The van der Waals surface area contributed by atoms with E-state index in [1.165, 1.54) is 23.3 Å². The van der Waals surface area contributed by atoms with Gasteiger partial charge in [0.25, 0.3) is 0 Å². The van der Waals surface area contributed by atoms with Crippen molar-refractivity contribution in [2.45, 2.75) is 6.92 Å². The van der Waals surface area contributed by atoms with E-state index < -0.39 is 5.97 Å². The van der Waals surface area contributed by atoms with Crippen LogP contribution in [0.15, 0.2) is 29.8 Å². The largest absolute Gasteiger partial charge is 0.508 e. The summed E-state index contributed by atoms with van der Waals surface area (Å²) in [6.45, 7) is 1.92. The SMILES string of the molecule is CCOC(=O)CN1C=CC(O)=CC1=C=O. The highest BCUT2D eigenvalue weighted by molar-refractivity contribution is 5.73. The van der Waals surface area contributed by atoms with E-state index in [1.54, 1.807) is 12.9 Å². The standard InChI is InChI=1S/C10H11NO4/c1-2-15-10(14)6-11-4-3-9(13)5-8(11)7-12/h3-5,13H,2,6H2,1H3. The molecule has 1 aliphatic rings. The van der Waals surface area contributed by atoms with Crippen molar-refractivity contribution < 1.29 is 19.4 Å². The molecule has 0 aromatic heterocycles. The van der Waals surface area contributed by atoms with Crippen molar-refractivity contribution in [2.75, 3.05) is 13.2 Å². The number of carbonyl (C=O) groups is 1. The Kier molecular flexibility index (Phi) is 3.71. The maximum Gasteiger partial charge on any atom is 0.325 e. The molecule has 0 bridgehead atoms. The van der Waals surface area contributed by atoms with Crippen molar-refractivity contribution in [3.05, 3.63) is 29.8 Å². The number of allylic oxidation sites excluding steroid dienone is 2. The van der Waals surface area contributed by atoms with E-state index in [9.17, 15) is 9.59 Å². The van der Waals surface area contributed by atoms with E-state index in [0.29, 0.717) is 0 Å². The maximum absolute atomic E-state index is 11.1. The van der Waals surface area contributed by atoms with E-state index in [1.807, 2.05) is 0 Å². The lowest BCUT2D eigenvalue weighted by Gasteiger charge is -2.20. The van der Waals surface area contributed by atoms with Gasteiger partial charge < -0.3 is 14.7 Å². The van der Waals surface area contributed by atoms with Crippen molar-refractivity contribution in [1.29, 1.82) is 0 Å². The molecule has 0 saturated carbocycles. The fraction of sp³-hybridized carbons (Fsp3) is 0.300. The van der Waals surface area contributed by atoms with Gasteiger partial charge in [-0.3, -0.25) is 4.79 Å². The minimum atomic E-state index is -0.440. The van der Waals surface area contributed by atoms with Crippen molar-refractivity contribution in [1.82, 2.24) is 4.90 Å². The quantitative estimate of drug-likeness (QED) is 0.542. The lowest BCUT2D eigenvalue weighted by Crippen LogP contribution is -2.27. The highest BCUT2D eigenvalue weighted by Gasteiger charge is 2.15. The first-order chi connectivity index (χ1) is 7.17. The molecule has 0 amide bonds. The Morgan fingerprint density at radius 1 is 1.67 bits per heavy atom. The van der Waals surface area contributed by atoms with Gasteiger partial charge in [-0.15, -0.1) is 0 Å². The number of carbonyl (C=O) groups excluding carboxylic acids is 2. The second-order valence-corrected chi connectivity index (χ2v) is 2.81. The van der Waals surface area contributed by atoms with Gasteiger partial charge in [0, 0.05) is 12.3 Å². The molecule has 1 aliphatic heterocycles. The van der Waals surface area contributed by atoms with Crippen LogP contribution in [0.3, 0.4) is 0 Å². The normalized spacial score (nSPS) is 14.6. The van der Waals surface area contributed by atoms with E-state index >= 15 is 0 Å². The van der Waals surface area contributed by atoms with Gasteiger partial charge in [-0.05, 0) is 13.0 Å². The number of rotatable bonds is 3. The van der Waals surface area contributed by atoms with E-state index in [2.05, 4.69) is 0 Å². The summed E-state index contributed by atoms with van der Waals surface area (Å²) < 4.78 is 4.72. The van der Waals surface area contributed by atoms with Crippen LogP contribution in [0.25, 0.3) is 0 Å². The minimum Gasteiger partial charge on any atom is -0.508 e. The molecule has 80 valence electrons. The van der Waals surface area contributed by atoms with Crippen LogP contribution in [0.5, 0.6) is 0 Å². The molecule has 0 atom stereocenters. The summed E-state index contributed by atoms with van der Waals surface area (Å²) in [5, 5.41) is 9.10. The Bertz CT molecular complexity index is 364. The fourth-order valence-corrected chi connectivity index (χ4v) is 1.09. The van der Waals surface area contributed by atoms with Gasteiger partial charge in [-0.1, -0.05) is 0 Å². The number of hydrogen-bond acceptors (Lipinski definition) is 5. The summed E-state index contributed by atoms with van der Waals surface area (Å²) in [4.78, 5) is 23.0. The predicted molar refractivity (Wildman–Crippen MR) is 52.4 cm³/mol. The van der Waals surface area contributed by atoms with Gasteiger partial charge in [0.2, 0.25) is 0 Å². The number of aliphatic hydroxyl groups is 1. The summed E-state index contributed by atoms with van der Waals surface area (Å²) in [5.74, 6) is 1.14. The fourth-order valence-electron chi connectivity index (χ4n) is 1.09. The molecular weight excluding hydrogens is 198 g/mol. The van der Waals surface area contributed by atoms with E-state index in [-0.39, 0.29) is 24.6 Å². The number of hydrogen-bond donors (Lipinski definition) is 1. The molecule has 5 heteroatoms. The van der Waals surface area contributed by atoms with Gasteiger partial charge in [-0.25, -0.2) is 4.79 Å². The number of ether oxygens (including phenoxy) is 1. The second kappa shape index (κ2) is 5.02. The summed E-state index contributed by atoms with van der Waals surface area (Å²) in [7, 11) is 0. The zero-order chi connectivity index (χ0) is 11.3. The van der Waals surface area contributed by atoms with Crippen LogP contribution in [0, 0.1) is 0 Å². The molecule has 0 unspecified atom stereocenters. The first kappa shape index (κ1) is 11.1. The summed E-state index contributed by atoms with van der Waals surface area (Å²) in [5.41, 5.74) is 0.100. The minimum absolute atomic E-state index is 0.0477. The molecule has 1 rings (SSSR count). The van der Waals surface area contributed by atoms with Crippen LogP contribution in [-0.2, 0) is 14.3 Å². The van der Waals surface area contributed by atoms with Gasteiger partial charge in [-0.2, -0.15) is 0 Å². The zero-order valence-corrected chi connectivity index (χ0v) is 8.27. The third-order valence-corrected chi connectivity index (χ3v) is 1.73. The molecule has 1 heterocycles. The topological polar surface area (TPSA) is 66.8 Å². The van der Waals surface area contributed by atoms with Crippen LogP contribution in [0.1, 0.15) is 6.92 Å². The Morgan fingerprint density at radius 2 is 2.40 bits per heavy atom. The van der Waals surface area contributed by atoms with Crippen LogP contribution in [-0.4, -0.2) is 35.1 Å². The molecule has 0 fully saturated rings. The maximum atomic E-state index is 11.1. The Labute approximate surface area is 86.9 Å². The van der Waals surface area contributed by atoms with Gasteiger partial charge in [0.05, 0.1) is 6.61 Å². The second-order valence-electron chi connectivity index (χ2n) is 2.81. The molecule has 0 aliphatic carbocycles. The Balaban J connectivity index is 2.68. The van der Waals surface area contributed by atoms with Gasteiger partial charge in [0.15, 0.2) is 5.94 Å². The molecule has 0 aromatic rings. The molecule has 0 saturated heterocycles. The van der Waals surface area contributed by atoms with Crippen LogP contribution in [0.4, 0.5) is 0 Å². The van der Waals surface area contributed by atoms with Crippen LogP contribution >= 0.6 is 0 Å². The van der Waals surface area contributed by atoms with Crippen LogP contribution < -0.4 is 0 Å². The number of aliphatic hydroxyl groups excluding tert-OH is 1. The van der Waals surface area contributed by atoms with Gasteiger partial charge in [0.1, 0.15) is 18.0 Å². The molecule has 1 N–H and O–H groups in total. The lowest BCUT2D eigenvalue weighted by molar-refractivity contribution is -0.143. The average molecular weight is 209 g/mol. The first-order valence-corrected chi connectivity index (χ1v) is 4.43. The third kappa shape index (κ3) is 3.00. The van der Waals surface area contributed by atoms with E-state index in [4.69, 9.17) is 9.84 Å². The van der Waals surface area contributed by atoms with Crippen molar-refractivity contribution >= 4 is 11.9 Å². The summed E-state index contributed by atoms with van der Waals surface area (Å²) >= 11 is 0. The molecule has 0 radical (unpaired) electrons. The predicted octanol–water partition coefficient (Wildman–Crippen LogP) is 0.536. The molecule has 15 heavy (non-hydrogen) atoms. The molecular formula is C10H11NO4. The highest BCUT2D eigenvalue weighted by Crippen LogP contribution is 2.12. The highest BCUT2D eigenvalue weighted by atomic mass is 16.5. The van der Waals surface area contributed by atoms with Crippen LogP contribution in [0.2, 0.25) is 0 Å². The number of esters is 1. The smallest absolute Gasteiger partial charge is 0.325 e. The molecule has 0 spiro atoms. The lowest BCUT2D eigenvalue weighted by atomic mass is 10.2. The van der Waals surface area contributed by atoms with Crippen molar-refractivity contribution in [3.8, 4) is 0 Å². The number of nitrogens with zero attached hydrogens (tertiary/aromatic N) is 1. The summed E-state index contributed by atoms with van der Waals surface area (Å²) in [6.07, 6.45) is 4.03. The molecule has 0 aromatic carbocycles. The first-order valence-electron chi connectivity index (χ1n) is 4.43.